The van der Waals surface area contributed by atoms with E-state index < -0.39 is 0 Å². The van der Waals surface area contributed by atoms with Crippen LogP contribution >= 0.6 is 23.4 Å². The second kappa shape index (κ2) is 5.32. The number of benzene rings is 1. The van der Waals surface area contributed by atoms with Gasteiger partial charge in [0.2, 0.25) is 0 Å². The molecule has 0 bridgehead atoms. The topological polar surface area (TPSA) is 29.1 Å². The number of nitrogens with one attached hydrogen (secondary N) is 1. The molecule has 0 unspecified atom stereocenters. The largest absolute Gasteiger partial charge is 0.345 e. The molecule has 2 rings (SSSR count). The first-order valence-corrected chi connectivity index (χ1v) is 7.48. The molecule has 1 aliphatic carbocycles. The van der Waals surface area contributed by atoms with Crippen LogP contribution in [0, 0.1) is 0 Å². The smallest absolute Gasteiger partial charge is 0.252 e. The van der Waals surface area contributed by atoms with Crippen LogP contribution in [0.15, 0.2) is 29.2 Å². The summed E-state index contributed by atoms with van der Waals surface area (Å²) in [5, 5.41) is 3.09. The second-order valence-electron chi connectivity index (χ2n) is 4.42. The van der Waals surface area contributed by atoms with Crippen molar-refractivity contribution in [3.05, 3.63) is 29.8 Å². The minimum absolute atomic E-state index is 0.00435. The van der Waals surface area contributed by atoms with E-state index in [-0.39, 0.29) is 11.4 Å². The molecule has 1 amide bonds. The van der Waals surface area contributed by atoms with Gasteiger partial charge in [-0.25, -0.2) is 0 Å². The van der Waals surface area contributed by atoms with Crippen LogP contribution in [-0.4, -0.2) is 23.6 Å². The SMILES string of the molecule is CSc1ccccc1C(=O)NC1(CCl)CCC1. The van der Waals surface area contributed by atoms with Crippen molar-refractivity contribution >= 4 is 29.3 Å². The Labute approximate surface area is 111 Å². The van der Waals surface area contributed by atoms with Crippen LogP contribution in [-0.2, 0) is 0 Å². The average molecular weight is 270 g/mol. The van der Waals surface area contributed by atoms with Gasteiger partial charge in [-0.3, -0.25) is 4.79 Å². The molecule has 1 saturated carbocycles. The summed E-state index contributed by atoms with van der Waals surface area (Å²) in [6.45, 7) is 0. The van der Waals surface area contributed by atoms with E-state index in [1.54, 1.807) is 11.8 Å². The van der Waals surface area contributed by atoms with Crippen LogP contribution < -0.4 is 5.32 Å². The zero-order valence-electron chi connectivity index (χ0n) is 9.83. The molecule has 2 nitrogen and oxygen atoms in total. The highest BCUT2D eigenvalue weighted by molar-refractivity contribution is 7.98. The van der Waals surface area contributed by atoms with E-state index in [4.69, 9.17) is 11.6 Å². The van der Waals surface area contributed by atoms with Gasteiger partial charge in [0.15, 0.2) is 0 Å². The molecule has 1 fully saturated rings. The fourth-order valence-electron chi connectivity index (χ4n) is 2.04. The Kier molecular flexibility index (Phi) is 4.00. The van der Waals surface area contributed by atoms with Gasteiger partial charge >= 0.3 is 0 Å². The minimum atomic E-state index is -0.163. The maximum Gasteiger partial charge on any atom is 0.252 e. The van der Waals surface area contributed by atoms with Crippen LogP contribution in [0.4, 0.5) is 0 Å². The summed E-state index contributed by atoms with van der Waals surface area (Å²) in [5.74, 6) is 0.496. The molecule has 0 heterocycles. The Hall–Kier alpha value is -0.670. The number of carbonyl (C=O) groups is 1. The van der Waals surface area contributed by atoms with Crippen LogP contribution in [0.2, 0.25) is 0 Å². The summed E-state index contributed by atoms with van der Waals surface area (Å²) in [4.78, 5) is 13.2. The predicted octanol–water partition coefficient (Wildman–Crippen LogP) is 3.30. The van der Waals surface area contributed by atoms with Crippen LogP contribution in [0.5, 0.6) is 0 Å². The Morgan fingerprint density at radius 3 is 2.71 bits per heavy atom. The Morgan fingerprint density at radius 2 is 2.18 bits per heavy atom. The van der Waals surface area contributed by atoms with Gasteiger partial charge in [0.1, 0.15) is 0 Å². The van der Waals surface area contributed by atoms with Crippen LogP contribution in [0.3, 0.4) is 0 Å². The number of carbonyl (C=O) groups excluding carboxylic acids is 1. The van der Waals surface area contributed by atoms with Gasteiger partial charge < -0.3 is 5.32 Å². The van der Waals surface area contributed by atoms with E-state index in [1.165, 1.54) is 0 Å². The van der Waals surface area contributed by atoms with Crippen molar-refractivity contribution in [2.24, 2.45) is 0 Å². The van der Waals surface area contributed by atoms with Gasteiger partial charge in [0, 0.05) is 10.8 Å². The highest BCUT2D eigenvalue weighted by atomic mass is 35.5. The number of rotatable bonds is 4. The predicted molar refractivity (Wildman–Crippen MR) is 73.0 cm³/mol. The Morgan fingerprint density at radius 1 is 1.47 bits per heavy atom. The van der Waals surface area contributed by atoms with Gasteiger partial charge in [-0.15, -0.1) is 23.4 Å². The molecular formula is C13H16ClNOS. The van der Waals surface area contributed by atoms with E-state index in [0.717, 1.165) is 29.7 Å². The first-order valence-electron chi connectivity index (χ1n) is 5.72. The molecule has 0 aliphatic heterocycles. The highest BCUT2D eigenvalue weighted by Gasteiger charge is 2.37. The van der Waals surface area contributed by atoms with E-state index in [2.05, 4.69) is 5.32 Å². The zero-order valence-corrected chi connectivity index (χ0v) is 11.4. The quantitative estimate of drug-likeness (QED) is 0.671. The molecule has 1 N–H and O–H groups in total. The lowest BCUT2D eigenvalue weighted by Gasteiger charge is -2.41. The van der Waals surface area contributed by atoms with Crippen molar-refractivity contribution in [3.63, 3.8) is 0 Å². The summed E-state index contributed by atoms with van der Waals surface area (Å²) in [5.41, 5.74) is 0.584. The first-order chi connectivity index (χ1) is 8.21. The second-order valence-corrected chi connectivity index (χ2v) is 5.54. The third-order valence-corrected chi connectivity index (χ3v) is 4.60. The number of hydrogen-bond acceptors (Lipinski definition) is 2. The molecule has 17 heavy (non-hydrogen) atoms. The zero-order chi connectivity index (χ0) is 12.3. The van der Waals surface area contributed by atoms with Crippen molar-refractivity contribution in [2.45, 2.75) is 29.7 Å². The number of halogens is 1. The number of thioether (sulfide) groups is 1. The standard InChI is InChI=1S/C13H16ClNOS/c1-17-11-6-3-2-5-10(11)12(16)15-13(9-14)7-4-8-13/h2-3,5-6H,4,7-9H2,1H3,(H,15,16). The molecule has 0 atom stereocenters. The van der Waals surface area contributed by atoms with Gasteiger partial charge in [0.05, 0.1) is 11.1 Å². The number of alkyl halides is 1. The van der Waals surface area contributed by atoms with Crippen LogP contribution in [0.1, 0.15) is 29.6 Å². The van der Waals surface area contributed by atoms with Gasteiger partial charge in [-0.2, -0.15) is 0 Å². The number of amides is 1. The molecule has 1 aromatic carbocycles. The van der Waals surface area contributed by atoms with E-state index >= 15 is 0 Å². The molecule has 0 spiro atoms. The molecule has 0 aromatic heterocycles. The van der Waals surface area contributed by atoms with Crippen LogP contribution in [0.25, 0.3) is 0 Å². The third kappa shape index (κ3) is 2.61. The molecule has 1 aliphatic rings. The minimum Gasteiger partial charge on any atom is -0.345 e. The summed E-state index contributed by atoms with van der Waals surface area (Å²) >= 11 is 7.53. The van der Waals surface area contributed by atoms with Gasteiger partial charge in [-0.1, -0.05) is 12.1 Å². The fraction of sp³-hybridized carbons (Fsp3) is 0.462. The summed E-state index contributed by atoms with van der Waals surface area (Å²) in [7, 11) is 0. The maximum absolute atomic E-state index is 12.2. The van der Waals surface area contributed by atoms with E-state index in [0.29, 0.717) is 5.88 Å². The number of hydrogen-bond donors (Lipinski definition) is 1. The van der Waals surface area contributed by atoms with E-state index in [9.17, 15) is 4.79 Å². The molecule has 0 radical (unpaired) electrons. The third-order valence-electron chi connectivity index (χ3n) is 3.30. The van der Waals surface area contributed by atoms with Gasteiger partial charge in [0.25, 0.3) is 5.91 Å². The summed E-state index contributed by atoms with van der Waals surface area (Å²) in [6.07, 6.45) is 5.11. The Bertz CT molecular complexity index is 412. The lowest BCUT2D eigenvalue weighted by molar-refractivity contribution is 0.0851. The average Bonchev–Trinajstić information content (AvgIpc) is 2.33. The maximum atomic E-state index is 12.2. The fourth-order valence-corrected chi connectivity index (χ4v) is 2.97. The lowest BCUT2D eigenvalue weighted by atomic mass is 9.78. The normalized spacial score (nSPS) is 17.3. The molecular weight excluding hydrogens is 254 g/mol. The van der Waals surface area contributed by atoms with Crippen molar-refractivity contribution in [1.29, 1.82) is 0 Å². The summed E-state index contributed by atoms with van der Waals surface area (Å²) < 4.78 is 0. The first kappa shape index (κ1) is 12.8. The molecule has 0 saturated heterocycles. The van der Waals surface area contributed by atoms with Crippen molar-refractivity contribution in [3.8, 4) is 0 Å². The summed E-state index contributed by atoms with van der Waals surface area (Å²) in [6, 6.07) is 7.67. The molecule has 4 heteroatoms. The van der Waals surface area contributed by atoms with Gasteiger partial charge in [-0.05, 0) is 37.7 Å². The lowest BCUT2D eigenvalue weighted by Crippen LogP contribution is -2.55. The monoisotopic (exact) mass is 269 g/mol. The molecule has 92 valence electrons. The van der Waals surface area contributed by atoms with Crippen molar-refractivity contribution < 1.29 is 4.79 Å². The van der Waals surface area contributed by atoms with Crippen molar-refractivity contribution in [1.82, 2.24) is 5.32 Å². The van der Waals surface area contributed by atoms with Crippen molar-refractivity contribution in [2.75, 3.05) is 12.1 Å². The highest BCUT2D eigenvalue weighted by Crippen LogP contribution is 2.33. The Balaban J connectivity index is 2.14. The molecule has 1 aromatic rings. The van der Waals surface area contributed by atoms with E-state index in [1.807, 2.05) is 30.5 Å².